The van der Waals surface area contributed by atoms with Gasteiger partial charge in [0, 0.05) is 6.61 Å². The van der Waals surface area contributed by atoms with E-state index in [4.69, 9.17) is 4.74 Å². The molecule has 1 N–H and O–H groups in total. The van der Waals surface area contributed by atoms with E-state index in [9.17, 15) is 5.11 Å². The van der Waals surface area contributed by atoms with E-state index in [2.05, 4.69) is 6.92 Å². The molecule has 0 aromatic heterocycles. The molecule has 0 amide bonds. The number of ether oxygens (including phenoxy) is 1. The largest absolute Gasteiger partial charge is 0.390 e. The molecule has 0 radical (unpaired) electrons. The topological polar surface area (TPSA) is 29.5 Å². The van der Waals surface area contributed by atoms with Crippen LogP contribution >= 0.6 is 0 Å². The summed E-state index contributed by atoms with van der Waals surface area (Å²) in [6, 6.07) is 0. The smallest absolute Gasteiger partial charge is 0.0909 e. The molecule has 1 aliphatic heterocycles. The molecule has 1 saturated heterocycles. The quantitative estimate of drug-likeness (QED) is 0.601. The zero-order valence-corrected chi connectivity index (χ0v) is 6.76. The lowest BCUT2D eigenvalue weighted by Crippen LogP contribution is -2.45. The van der Waals surface area contributed by atoms with Gasteiger partial charge < -0.3 is 9.84 Å². The molecule has 0 aliphatic carbocycles. The molecule has 1 rings (SSSR count). The lowest BCUT2D eigenvalue weighted by atomic mass is 9.90. The third kappa shape index (κ3) is 1.32. The summed E-state index contributed by atoms with van der Waals surface area (Å²) in [6.07, 6.45) is 2.53. The van der Waals surface area contributed by atoms with Gasteiger partial charge in [0.2, 0.25) is 0 Å². The van der Waals surface area contributed by atoms with Gasteiger partial charge in [-0.05, 0) is 26.2 Å². The first kappa shape index (κ1) is 8.02. The molecular formula is C8H16O2. The van der Waals surface area contributed by atoms with Gasteiger partial charge in [-0.3, -0.25) is 0 Å². The van der Waals surface area contributed by atoms with Crippen LogP contribution in [0.2, 0.25) is 0 Å². The molecule has 0 spiro atoms. The average molecular weight is 144 g/mol. The van der Waals surface area contributed by atoms with Crippen LogP contribution in [0.3, 0.4) is 0 Å². The van der Waals surface area contributed by atoms with Crippen molar-refractivity contribution in [1.29, 1.82) is 0 Å². The molecule has 1 heterocycles. The summed E-state index contributed by atoms with van der Waals surface area (Å²) in [5, 5.41) is 9.50. The highest BCUT2D eigenvalue weighted by Crippen LogP contribution is 2.27. The van der Waals surface area contributed by atoms with E-state index in [1.165, 1.54) is 0 Å². The molecule has 60 valence electrons. The van der Waals surface area contributed by atoms with Gasteiger partial charge in [0.25, 0.3) is 0 Å². The van der Waals surface area contributed by atoms with Crippen LogP contribution in [-0.4, -0.2) is 23.4 Å². The summed E-state index contributed by atoms with van der Waals surface area (Å²) in [4.78, 5) is 0. The zero-order valence-electron chi connectivity index (χ0n) is 6.76. The van der Waals surface area contributed by atoms with Gasteiger partial charge in [0.15, 0.2) is 0 Å². The molecule has 0 aromatic carbocycles. The number of aliphatic hydroxyl groups is 1. The minimum Gasteiger partial charge on any atom is -0.390 e. The van der Waals surface area contributed by atoms with Crippen molar-refractivity contribution in [3.63, 3.8) is 0 Å². The summed E-state index contributed by atoms with van der Waals surface area (Å²) in [6.45, 7) is 4.84. The third-order valence-electron chi connectivity index (χ3n) is 2.46. The van der Waals surface area contributed by atoms with Gasteiger partial charge in [-0.2, -0.15) is 0 Å². The Kier molecular flexibility index (Phi) is 2.32. The summed E-state index contributed by atoms with van der Waals surface area (Å²) >= 11 is 0. The predicted octanol–water partition coefficient (Wildman–Crippen LogP) is 1.33. The van der Waals surface area contributed by atoms with Crippen molar-refractivity contribution in [2.24, 2.45) is 0 Å². The SMILES string of the molecule is CCC1(C)OCCCC1O. The van der Waals surface area contributed by atoms with Crippen LogP contribution in [0.25, 0.3) is 0 Å². The number of hydrogen-bond acceptors (Lipinski definition) is 2. The maximum atomic E-state index is 9.50. The Bertz CT molecular complexity index is 114. The monoisotopic (exact) mass is 144 g/mol. The predicted molar refractivity (Wildman–Crippen MR) is 39.9 cm³/mol. The Morgan fingerprint density at radius 2 is 2.40 bits per heavy atom. The van der Waals surface area contributed by atoms with Crippen LogP contribution in [0.4, 0.5) is 0 Å². The molecule has 1 aliphatic rings. The van der Waals surface area contributed by atoms with Crippen molar-refractivity contribution < 1.29 is 9.84 Å². The molecule has 2 heteroatoms. The maximum Gasteiger partial charge on any atom is 0.0909 e. The van der Waals surface area contributed by atoms with Gasteiger partial charge in [-0.1, -0.05) is 6.92 Å². The van der Waals surface area contributed by atoms with E-state index in [1.807, 2.05) is 6.92 Å². The van der Waals surface area contributed by atoms with E-state index >= 15 is 0 Å². The second kappa shape index (κ2) is 2.89. The normalized spacial score (nSPS) is 41.7. The van der Waals surface area contributed by atoms with Crippen molar-refractivity contribution in [3.05, 3.63) is 0 Å². The molecule has 0 bridgehead atoms. The molecule has 2 nitrogen and oxygen atoms in total. The minimum absolute atomic E-state index is 0.258. The molecule has 0 saturated carbocycles. The molecule has 1 fully saturated rings. The van der Waals surface area contributed by atoms with E-state index in [-0.39, 0.29) is 11.7 Å². The third-order valence-corrected chi connectivity index (χ3v) is 2.46. The van der Waals surface area contributed by atoms with Crippen LogP contribution in [0.1, 0.15) is 33.1 Å². The van der Waals surface area contributed by atoms with Crippen LogP contribution in [-0.2, 0) is 4.74 Å². The number of aliphatic hydroxyl groups excluding tert-OH is 1. The van der Waals surface area contributed by atoms with Crippen LogP contribution < -0.4 is 0 Å². The van der Waals surface area contributed by atoms with E-state index in [0.717, 1.165) is 25.9 Å². The minimum atomic E-state index is -0.266. The Morgan fingerprint density at radius 1 is 1.70 bits per heavy atom. The highest BCUT2D eigenvalue weighted by molar-refractivity contribution is 4.85. The Labute approximate surface area is 62.2 Å². The second-order valence-corrected chi connectivity index (χ2v) is 3.17. The van der Waals surface area contributed by atoms with Crippen molar-refractivity contribution in [2.45, 2.75) is 44.8 Å². The highest BCUT2D eigenvalue weighted by atomic mass is 16.5. The van der Waals surface area contributed by atoms with Crippen molar-refractivity contribution in [2.75, 3.05) is 6.61 Å². The lowest BCUT2D eigenvalue weighted by molar-refractivity contribution is -0.144. The average Bonchev–Trinajstić information content (AvgIpc) is 1.96. The molecule has 2 unspecified atom stereocenters. The number of rotatable bonds is 1. The fourth-order valence-corrected chi connectivity index (χ4v) is 1.32. The molecule has 10 heavy (non-hydrogen) atoms. The first-order valence-corrected chi connectivity index (χ1v) is 4.01. The van der Waals surface area contributed by atoms with Crippen LogP contribution in [0.15, 0.2) is 0 Å². The van der Waals surface area contributed by atoms with E-state index in [1.54, 1.807) is 0 Å². The summed E-state index contributed by atoms with van der Waals surface area (Å²) in [7, 11) is 0. The highest BCUT2D eigenvalue weighted by Gasteiger charge is 2.34. The first-order chi connectivity index (χ1) is 4.69. The Hall–Kier alpha value is -0.0800. The Morgan fingerprint density at radius 3 is 2.80 bits per heavy atom. The summed E-state index contributed by atoms with van der Waals surface area (Å²) < 4.78 is 5.48. The van der Waals surface area contributed by atoms with Gasteiger partial charge in [-0.25, -0.2) is 0 Å². The molecular weight excluding hydrogens is 128 g/mol. The second-order valence-electron chi connectivity index (χ2n) is 3.17. The van der Waals surface area contributed by atoms with Crippen molar-refractivity contribution in [1.82, 2.24) is 0 Å². The zero-order chi connectivity index (χ0) is 7.61. The van der Waals surface area contributed by atoms with Crippen LogP contribution in [0.5, 0.6) is 0 Å². The summed E-state index contributed by atoms with van der Waals surface area (Å²) in [5.74, 6) is 0. The molecule has 2 atom stereocenters. The van der Waals surface area contributed by atoms with Crippen molar-refractivity contribution in [3.8, 4) is 0 Å². The standard InChI is InChI=1S/C8H16O2/c1-3-8(2)7(9)5-4-6-10-8/h7,9H,3-6H2,1-2H3. The van der Waals surface area contributed by atoms with Gasteiger partial charge in [0.05, 0.1) is 11.7 Å². The van der Waals surface area contributed by atoms with Gasteiger partial charge in [0.1, 0.15) is 0 Å². The van der Waals surface area contributed by atoms with E-state index in [0.29, 0.717) is 0 Å². The fourth-order valence-electron chi connectivity index (χ4n) is 1.32. The molecule has 0 aromatic rings. The summed E-state index contributed by atoms with van der Waals surface area (Å²) in [5.41, 5.74) is -0.266. The maximum absolute atomic E-state index is 9.50. The van der Waals surface area contributed by atoms with Crippen molar-refractivity contribution >= 4 is 0 Å². The fraction of sp³-hybridized carbons (Fsp3) is 1.00. The van der Waals surface area contributed by atoms with E-state index < -0.39 is 0 Å². The first-order valence-electron chi connectivity index (χ1n) is 4.01. The Balaban J connectivity index is 2.54. The lowest BCUT2D eigenvalue weighted by Gasteiger charge is -2.37. The van der Waals surface area contributed by atoms with Gasteiger partial charge >= 0.3 is 0 Å². The van der Waals surface area contributed by atoms with Gasteiger partial charge in [-0.15, -0.1) is 0 Å². The number of hydrogen-bond donors (Lipinski definition) is 1. The van der Waals surface area contributed by atoms with Crippen LogP contribution in [0, 0.1) is 0 Å².